The number of aryl methyl sites for hydroxylation is 1. The van der Waals surface area contributed by atoms with Crippen LogP contribution >= 0.6 is 11.3 Å². The normalized spacial score (nSPS) is 10.4. The quantitative estimate of drug-likeness (QED) is 0.610. The minimum atomic E-state index is 0.805. The maximum absolute atomic E-state index is 10.5. The Morgan fingerprint density at radius 3 is 2.92 bits per heavy atom. The number of rotatable bonds is 1. The van der Waals surface area contributed by atoms with Crippen LogP contribution in [0.4, 0.5) is 0 Å². The lowest BCUT2D eigenvalue weighted by Gasteiger charge is -1.91. The van der Waals surface area contributed by atoms with Gasteiger partial charge in [0.1, 0.15) is 0 Å². The second-order valence-electron chi connectivity index (χ2n) is 2.76. The van der Waals surface area contributed by atoms with Gasteiger partial charge in [0.05, 0.1) is 4.88 Å². The van der Waals surface area contributed by atoms with Crippen molar-refractivity contribution in [1.82, 2.24) is 0 Å². The Morgan fingerprint density at radius 1 is 1.42 bits per heavy atom. The predicted octanol–water partition coefficient (Wildman–Crippen LogP) is 3.02. The van der Waals surface area contributed by atoms with Crippen LogP contribution in [-0.2, 0) is 0 Å². The summed E-state index contributed by atoms with van der Waals surface area (Å²) < 4.78 is 1.22. The summed E-state index contributed by atoms with van der Waals surface area (Å²) in [5, 5.41) is 1.17. The molecule has 0 fully saturated rings. The van der Waals surface area contributed by atoms with Crippen molar-refractivity contribution in [2.24, 2.45) is 0 Å². The van der Waals surface area contributed by atoms with E-state index in [0.29, 0.717) is 0 Å². The van der Waals surface area contributed by atoms with E-state index in [4.69, 9.17) is 0 Å². The van der Waals surface area contributed by atoms with Crippen molar-refractivity contribution >= 4 is 27.7 Å². The van der Waals surface area contributed by atoms with Gasteiger partial charge in [-0.05, 0) is 23.9 Å². The Labute approximate surface area is 74.6 Å². The van der Waals surface area contributed by atoms with Crippen molar-refractivity contribution in [1.29, 1.82) is 0 Å². The topological polar surface area (TPSA) is 17.1 Å². The van der Waals surface area contributed by atoms with Crippen LogP contribution in [0, 0.1) is 6.92 Å². The van der Waals surface area contributed by atoms with Crippen LogP contribution in [0.5, 0.6) is 0 Å². The monoisotopic (exact) mass is 176 g/mol. The molecule has 0 atom stereocenters. The third kappa shape index (κ3) is 1.04. The third-order valence-electron chi connectivity index (χ3n) is 1.88. The van der Waals surface area contributed by atoms with Gasteiger partial charge in [-0.3, -0.25) is 4.79 Å². The number of benzene rings is 1. The third-order valence-corrected chi connectivity index (χ3v) is 3.09. The molecule has 60 valence electrons. The van der Waals surface area contributed by atoms with Crippen LogP contribution in [0.1, 0.15) is 15.2 Å². The van der Waals surface area contributed by atoms with Crippen molar-refractivity contribution in [3.05, 3.63) is 34.7 Å². The summed E-state index contributed by atoms with van der Waals surface area (Å²) in [6.07, 6.45) is 0.907. The molecule has 1 aromatic carbocycles. The molecule has 0 unspecified atom stereocenters. The van der Waals surface area contributed by atoms with Gasteiger partial charge in [-0.1, -0.05) is 18.2 Å². The number of carbonyl (C=O) groups is 1. The van der Waals surface area contributed by atoms with Crippen LogP contribution in [0.25, 0.3) is 10.1 Å². The van der Waals surface area contributed by atoms with Crippen LogP contribution in [0.15, 0.2) is 24.3 Å². The van der Waals surface area contributed by atoms with Crippen LogP contribution in [0.3, 0.4) is 0 Å². The number of hydrogen-bond donors (Lipinski definition) is 0. The molecule has 1 nitrogen and oxygen atoms in total. The molecule has 0 aliphatic heterocycles. The first-order chi connectivity index (χ1) is 5.81. The lowest BCUT2D eigenvalue weighted by atomic mass is 10.2. The summed E-state index contributed by atoms with van der Waals surface area (Å²) >= 11 is 1.56. The summed E-state index contributed by atoms with van der Waals surface area (Å²) in [7, 11) is 0. The van der Waals surface area contributed by atoms with E-state index in [0.717, 1.165) is 11.2 Å². The van der Waals surface area contributed by atoms with Crippen molar-refractivity contribution in [2.75, 3.05) is 0 Å². The predicted molar refractivity (Wildman–Crippen MR) is 51.9 cm³/mol. The van der Waals surface area contributed by atoms with Crippen molar-refractivity contribution in [3.63, 3.8) is 0 Å². The zero-order valence-electron chi connectivity index (χ0n) is 6.70. The second kappa shape index (κ2) is 2.72. The zero-order chi connectivity index (χ0) is 8.55. The summed E-state index contributed by atoms with van der Waals surface area (Å²) in [4.78, 5) is 11.3. The van der Waals surface area contributed by atoms with Gasteiger partial charge in [0.25, 0.3) is 0 Å². The van der Waals surface area contributed by atoms with Crippen molar-refractivity contribution in [3.8, 4) is 0 Å². The fourth-order valence-corrected chi connectivity index (χ4v) is 2.23. The molecule has 0 aliphatic rings. The summed E-state index contributed by atoms with van der Waals surface area (Å²) in [5.74, 6) is 0. The standard InChI is InChI=1S/C10H8OS/c1-7-3-2-4-8-5-9(6-11)12-10(7)8/h2-6H,1H3. The first-order valence-corrected chi connectivity index (χ1v) is 4.57. The maximum Gasteiger partial charge on any atom is 0.160 e. The molecule has 2 rings (SSSR count). The molecular weight excluding hydrogens is 168 g/mol. The van der Waals surface area contributed by atoms with E-state index in [1.807, 2.05) is 18.2 Å². The van der Waals surface area contributed by atoms with Crippen molar-refractivity contribution in [2.45, 2.75) is 6.92 Å². The molecule has 12 heavy (non-hydrogen) atoms. The highest BCUT2D eigenvalue weighted by atomic mass is 32.1. The molecule has 0 N–H and O–H groups in total. The molecule has 0 saturated carbocycles. The highest BCUT2D eigenvalue weighted by Gasteiger charge is 2.01. The molecule has 0 saturated heterocycles. The summed E-state index contributed by atoms with van der Waals surface area (Å²) in [6.45, 7) is 2.06. The number of fused-ring (bicyclic) bond motifs is 1. The van der Waals surface area contributed by atoms with E-state index in [2.05, 4.69) is 13.0 Å². The number of hydrogen-bond acceptors (Lipinski definition) is 2. The number of thiophene rings is 1. The molecule has 1 aromatic heterocycles. The van der Waals surface area contributed by atoms with Gasteiger partial charge in [0.2, 0.25) is 0 Å². The molecule has 0 radical (unpaired) electrons. The van der Waals surface area contributed by atoms with Crippen molar-refractivity contribution < 1.29 is 4.79 Å². The number of carbonyl (C=O) groups excluding carboxylic acids is 1. The summed E-state index contributed by atoms with van der Waals surface area (Å²) in [5.41, 5.74) is 1.24. The van der Waals surface area contributed by atoms with E-state index in [-0.39, 0.29) is 0 Å². The first-order valence-electron chi connectivity index (χ1n) is 3.75. The van der Waals surface area contributed by atoms with E-state index in [1.165, 1.54) is 15.6 Å². The van der Waals surface area contributed by atoms with Crippen LogP contribution in [0.2, 0.25) is 0 Å². The van der Waals surface area contributed by atoms with E-state index in [1.54, 1.807) is 11.3 Å². The van der Waals surface area contributed by atoms with E-state index in [9.17, 15) is 4.79 Å². The molecule has 1 heterocycles. The fourth-order valence-electron chi connectivity index (χ4n) is 1.29. The molecule has 0 bridgehead atoms. The highest BCUT2D eigenvalue weighted by Crippen LogP contribution is 2.26. The van der Waals surface area contributed by atoms with Gasteiger partial charge in [0, 0.05) is 4.70 Å². The minimum Gasteiger partial charge on any atom is -0.297 e. The minimum absolute atomic E-state index is 0.805. The molecular formula is C10H8OS. The average Bonchev–Trinajstić information content (AvgIpc) is 2.49. The molecule has 2 aromatic rings. The van der Waals surface area contributed by atoms with Crippen LogP contribution < -0.4 is 0 Å². The van der Waals surface area contributed by atoms with Crippen LogP contribution in [-0.4, -0.2) is 6.29 Å². The summed E-state index contributed by atoms with van der Waals surface area (Å²) in [6, 6.07) is 8.04. The Hall–Kier alpha value is -1.15. The first kappa shape index (κ1) is 7.50. The fraction of sp³-hybridized carbons (Fsp3) is 0.100. The Bertz CT molecular complexity index is 428. The van der Waals surface area contributed by atoms with Gasteiger partial charge >= 0.3 is 0 Å². The lowest BCUT2D eigenvalue weighted by molar-refractivity contribution is 0.112. The van der Waals surface area contributed by atoms with E-state index >= 15 is 0 Å². The van der Waals surface area contributed by atoms with Gasteiger partial charge < -0.3 is 0 Å². The smallest absolute Gasteiger partial charge is 0.160 e. The van der Waals surface area contributed by atoms with E-state index < -0.39 is 0 Å². The molecule has 0 aliphatic carbocycles. The molecule has 2 heteroatoms. The SMILES string of the molecule is Cc1cccc2cc(C=O)sc12. The molecule has 0 amide bonds. The van der Waals surface area contributed by atoms with Gasteiger partial charge in [-0.15, -0.1) is 11.3 Å². The zero-order valence-corrected chi connectivity index (χ0v) is 7.52. The van der Waals surface area contributed by atoms with Gasteiger partial charge in [-0.25, -0.2) is 0 Å². The lowest BCUT2D eigenvalue weighted by Crippen LogP contribution is -1.68. The molecule has 0 spiro atoms. The Morgan fingerprint density at radius 2 is 2.25 bits per heavy atom. The van der Waals surface area contributed by atoms with Gasteiger partial charge in [0.15, 0.2) is 6.29 Å². The Balaban J connectivity index is 2.82. The largest absolute Gasteiger partial charge is 0.297 e. The second-order valence-corrected chi connectivity index (χ2v) is 3.84. The maximum atomic E-state index is 10.5. The Kier molecular flexibility index (Phi) is 1.70. The number of aldehydes is 1. The highest BCUT2D eigenvalue weighted by molar-refractivity contribution is 7.20. The van der Waals surface area contributed by atoms with Gasteiger partial charge in [-0.2, -0.15) is 0 Å². The average molecular weight is 176 g/mol.